The number of hydrogen-bond acceptors (Lipinski definition) is 3. The first-order valence-electron chi connectivity index (χ1n) is 5.94. The average molecular weight is 318 g/mol. The largest absolute Gasteiger partial charge is 0.454 e. The Balaban J connectivity index is 3.19. The molecule has 0 saturated carbocycles. The highest BCUT2D eigenvalue weighted by Crippen LogP contribution is 2.50. The van der Waals surface area contributed by atoms with Crippen molar-refractivity contribution in [2.75, 3.05) is 0 Å². The van der Waals surface area contributed by atoms with Gasteiger partial charge in [0, 0.05) is 6.42 Å². The molecule has 0 saturated heterocycles. The summed E-state index contributed by atoms with van der Waals surface area (Å²) in [5.41, 5.74) is -5.15. The Morgan fingerprint density at radius 1 is 1.14 bits per heavy atom. The molecule has 0 radical (unpaired) electrons. The van der Waals surface area contributed by atoms with Crippen molar-refractivity contribution in [3.05, 3.63) is 23.7 Å². The van der Waals surface area contributed by atoms with Crippen LogP contribution in [-0.2, 0) is 5.60 Å². The van der Waals surface area contributed by atoms with Gasteiger partial charge in [0.05, 0.1) is 0 Å². The van der Waals surface area contributed by atoms with Gasteiger partial charge in [0.25, 0.3) is 0 Å². The number of rotatable bonds is 5. The summed E-state index contributed by atoms with van der Waals surface area (Å²) >= 11 is 0. The monoisotopic (exact) mass is 318 g/mol. The molecule has 0 bridgehead atoms. The molecule has 1 aromatic heterocycles. The normalized spacial score (nSPS) is 13.5. The number of alkyl halides is 6. The van der Waals surface area contributed by atoms with Crippen molar-refractivity contribution in [3.63, 3.8) is 0 Å². The van der Waals surface area contributed by atoms with Crippen molar-refractivity contribution in [1.82, 2.24) is 0 Å². The minimum Gasteiger partial charge on any atom is -0.454 e. The van der Waals surface area contributed by atoms with Crippen LogP contribution in [0, 0.1) is 0 Å². The lowest BCUT2D eigenvalue weighted by molar-refractivity contribution is -0.381. The third kappa shape index (κ3) is 3.22. The van der Waals surface area contributed by atoms with Crippen LogP contribution in [0.25, 0.3) is 0 Å². The van der Waals surface area contributed by atoms with E-state index in [-0.39, 0.29) is 6.42 Å². The van der Waals surface area contributed by atoms with E-state index in [9.17, 15) is 31.1 Å². The third-order valence-corrected chi connectivity index (χ3v) is 2.82. The molecule has 1 rings (SSSR count). The number of unbranched alkanes of at least 4 members (excludes halogenated alkanes) is 1. The summed E-state index contributed by atoms with van der Waals surface area (Å²) in [4.78, 5) is 11.5. The van der Waals surface area contributed by atoms with E-state index in [1.54, 1.807) is 6.92 Å². The molecule has 0 spiro atoms. The standard InChI is InChI=1S/C12H12F6O3/c1-2-3-4-7(19)8-5-6-9(21-8)10(20,11(13,14)15)12(16,17)18/h5-6,20H,2-4H2,1H3. The summed E-state index contributed by atoms with van der Waals surface area (Å²) in [5, 5.41) is 9.07. The lowest BCUT2D eigenvalue weighted by Crippen LogP contribution is -2.53. The van der Waals surface area contributed by atoms with E-state index in [0.29, 0.717) is 25.0 Å². The summed E-state index contributed by atoms with van der Waals surface area (Å²) in [7, 11) is 0. The van der Waals surface area contributed by atoms with Crippen molar-refractivity contribution in [2.45, 2.75) is 44.1 Å². The lowest BCUT2D eigenvalue weighted by atomic mass is 9.99. The second-order valence-electron chi connectivity index (χ2n) is 4.40. The molecule has 1 heterocycles. The van der Waals surface area contributed by atoms with E-state index in [1.807, 2.05) is 0 Å². The molecule has 9 heteroatoms. The molecule has 0 atom stereocenters. The Bertz CT molecular complexity index is 486. The molecule has 1 aromatic rings. The van der Waals surface area contributed by atoms with Crippen molar-refractivity contribution in [3.8, 4) is 0 Å². The van der Waals surface area contributed by atoms with Crippen LogP contribution in [-0.4, -0.2) is 23.2 Å². The SMILES string of the molecule is CCCCC(=O)c1ccc(C(O)(C(F)(F)F)C(F)(F)F)o1. The summed E-state index contributed by atoms with van der Waals surface area (Å²) in [6.45, 7) is 1.76. The summed E-state index contributed by atoms with van der Waals surface area (Å²) < 4.78 is 79.8. The van der Waals surface area contributed by atoms with Crippen LogP contribution < -0.4 is 0 Å². The van der Waals surface area contributed by atoms with E-state index >= 15 is 0 Å². The number of furan rings is 1. The second kappa shape index (κ2) is 5.70. The zero-order chi connectivity index (χ0) is 16.5. The van der Waals surface area contributed by atoms with Gasteiger partial charge in [-0.3, -0.25) is 4.79 Å². The quantitative estimate of drug-likeness (QED) is 0.660. The molecule has 21 heavy (non-hydrogen) atoms. The van der Waals surface area contributed by atoms with Crippen LogP contribution in [0.5, 0.6) is 0 Å². The number of aliphatic hydroxyl groups is 1. The molecule has 0 unspecified atom stereocenters. The zero-order valence-corrected chi connectivity index (χ0v) is 10.8. The predicted octanol–water partition coefficient (Wildman–Crippen LogP) is 3.96. The van der Waals surface area contributed by atoms with Crippen LogP contribution in [0.2, 0.25) is 0 Å². The molecule has 0 aliphatic rings. The van der Waals surface area contributed by atoms with Gasteiger partial charge in [0.1, 0.15) is 0 Å². The topological polar surface area (TPSA) is 50.4 Å². The number of carbonyl (C=O) groups is 1. The number of Topliss-reactive ketones (excluding diaryl/α,β-unsaturated/α-hetero) is 1. The molecular formula is C12H12F6O3. The highest BCUT2D eigenvalue weighted by atomic mass is 19.4. The summed E-state index contributed by atoms with van der Waals surface area (Å²) in [6, 6.07) is 0.996. The van der Waals surface area contributed by atoms with E-state index in [2.05, 4.69) is 4.42 Å². The number of halogens is 6. The lowest BCUT2D eigenvalue weighted by Gasteiger charge is -2.30. The number of hydrogen-bond donors (Lipinski definition) is 1. The smallest absolute Gasteiger partial charge is 0.433 e. The Labute approximate surface area is 115 Å². The van der Waals surface area contributed by atoms with Crippen molar-refractivity contribution < 1.29 is 40.7 Å². The van der Waals surface area contributed by atoms with E-state index in [4.69, 9.17) is 5.11 Å². The van der Waals surface area contributed by atoms with Crippen molar-refractivity contribution in [2.24, 2.45) is 0 Å². The first-order valence-corrected chi connectivity index (χ1v) is 5.94. The second-order valence-corrected chi connectivity index (χ2v) is 4.40. The van der Waals surface area contributed by atoms with E-state index in [0.717, 1.165) is 0 Å². The number of carbonyl (C=O) groups excluding carboxylic acids is 1. The number of ketones is 1. The van der Waals surface area contributed by atoms with Gasteiger partial charge in [-0.25, -0.2) is 0 Å². The summed E-state index contributed by atoms with van der Waals surface area (Å²) in [5.74, 6) is -3.15. The van der Waals surface area contributed by atoms with Gasteiger partial charge in [-0.15, -0.1) is 0 Å². The maximum atomic E-state index is 12.6. The fourth-order valence-corrected chi connectivity index (χ4v) is 1.58. The van der Waals surface area contributed by atoms with Gasteiger partial charge in [-0.2, -0.15) is 26.3 Å². The van der Waals surface area contributed by atoms with E-state index < -0.39 is 35.3 Å². The molecular weight excluding hydrogens is 306 g/mol. The van der Waals surface area contributed by atoms with Crippen LogP contribution in [0.4, 0.5) is 26.3 Å². The van der Waals surface area contributed by atoms with Crippen LogP contribution in [0.1, 0.15) is 42.5 Å². The first-order chi connectivity index (χ1) is 9.45. The maximum Gasteiger partial charge on any atom is 0.433 e. The molecule has 0 aliphatic carbocycles. The predicted molar refractivity (Wildman–Crippen MR) is 58.6 cm³/mol. The Kier molecular flexibility index (Phi) is 4.76. The van der Waals surface area contributed by atoms with Gasteiger partial charge >= 0.3 is 18.0 Å². The fraction of sp³-hybridized carbons (Fsp3) is 0.583. The molecule has 0 fully saturated rings. The Morgan fingerprint density at radius 3 is 2.10 bits per heavy atom. The van der Waals surface area contributed by atoms with Crippen molar-refractivity contribution >= 4 is 5.78 Å². The van der Waals surface area contributed by atoms with Crippen LogP contribution in [0.15, 0.2) is 16.5 Å². The molecule has 120 valence electrons. The molecule has 0 aliphatic heterocycles. The molecule has 0 aromatic carbocycles. The minimum absolute atomic E-state index is 0.0695. The highest BCUT2D eigenvalue weighted by Gasteiger charge is 2.73. The van der Waals surface area contributed by atoms with Crippen LogP contribution in [0.3, 0.4) is 0 Å². The minimum atomic E-state index is -6.03. The Morgan fingerprint density at radius 2 is 1.67 bits per heavy atom. The molecule has 1 N–H and O–H groups in total. The Hall–Kier alpha value is -1.51. The van der Waals surface area contributed by atoms with Gasteiger partial charge in [-0.1, -0.05) is 13.3 Å². The third-order valence-electron chi connectivity index (χ3n) is 2.82. The van der Waals surface area contributed by atoms with Crippen molar-refractivity contribution in [1.29, 1.82) is 0 Å². The zero-order valence-electron chi connectivity index (χ0n) is 10.8. The average Bonchev–Trinajstić information content (AvgIpc) is 2.81. The van der Waals surface area contributed by atoms with Gasteiger partial charge < -0.3 is 9.52 Å². The fourth-order valence-electron chi connectivity index (χ4n) is 1.58. The van der Waals surface area contributed by atoms with Gasteiger partial charge in [0.15, 0.2) is 17.3 Å². The maximum absolute atomic E-state index is 12.6. The molecule has 3 nitrogen and oxygen atoms in total. The highest BCUT2D eigenvalue weighted by molar-refractivity contribution is 5.93. The van der Waals surface area contributed by atoms with Gasteiger partial charge in [-0.05, 0) is 18.6 Å². The van der Waals surface area contributed by atoms with E-state index in [1.165, 1.54) is 0 Å². The van der Waals surface area contributed by atoms with Crippen LogP contribution >= 0.6 is 0 Å². The summed E-state index contributed by atoms with van der Waals surface area (Å²) in [6.07, 6.45) is -11.1. The first kappa shape index (κ1) is 17.5. The van der Waals surface area contributed by atoms with Gasteiger partial charge in [0.2, 0.25) is 0 Å². The molecule has 0 amide bonds.